The van der Waals surface area contributed by atoms with Crippen LogP contribution < -0.4 is 10.5 Å². The first-order valence-electron chi connectivity index (χ1n) is 12.2. The molecule has 0 unspecified atom stereocenters. The smallest absolute Gasteiger partial charge is 0.275 e. The van der Waals surface area contributed by atoms with Crippen LogP contribution in [0.15, 0.2) is 84.3 Å². The van der Waals surface area contributed by atoms with Crippen molar-refractivity contribution in [3.8, 4) is 11.3 Å². The van der Waals surface area contributed by atoms with Gasteiger partial charge in [-0.3, -0.25) is 14.6 Å². The first kappa shape index (κ1) is 26.5. The van der Waals surface area contributed by atoms with Crippen LogP contribution in [0.4, 0.5) is 5.82 Å². The monoisotopic (exact) mass is 509 g/mol. The third kappa shape index (κ3) is 6.41. The van der Waals surface area contributed by atoms with E-state index in [-0.39, 0.29) is 12.5 Å². The van der Waals surface area contributed by atoms with Crippen LogP contribution in [0.5, 0.6) is 0 Å². The maximum Gasteiger partial charge on any atom is 0.275 e. The second-order valence-corrected chi connectivity index (χ2v) is 8.93. The van der Waals surface area contributed by atoms with E-state index in [1.807, 2.05) is 62.4 Å². The average Bonchev–Trinajstić information content (AvgIpc) is 2.91. The van der Waals surface area contributed by atoms with E-state index in [2.05, 4.69) is 34.9 Å². The predicted molar refractivity (Wildman–Crippen MR) is 151 cm³/mol. The summed E-state index contributed by atoms with van der Waals surface area (Å²) >= 11 is 0. The van der Waals surface area contributed by atoms with Gasteiger partial charge in [0, 0.05) is 29.4 Å². The summed E-state index contributed by atoms with van der Waals surface area (Å²) in [6.45, 7) is 14.1. The van der Waals surface area contributed by atoms with Crippen molar-refractivity contribution in [2.45, 2.75) is 27.3 Å². The van der Waals surface area contributed by atoms with Crippen LogP contribution in [0.1, 0.15) is 34.0 Å². The number of carbonyl (C=O) groups is 1. The number of hydrogen-bond acceptors (Lipinski definition) is 7. The molecule has 194 valence electrons. The highest BCUT2D eigenvalue weighted by Gasteiger charge is 2.15. The number of aromatic nitrogens is 2. The number of anilines is 1. The SMILES string of the molecule is C=NN(Cc1ccc2ncccc2c1)c1nc(-c2ccc(C(=O)NOCCOC(=C)C)c(C)c2)ccc1C. The molecule has 8 heteroatoms. The summed E-state index contributed by atoms with van der Waals surface area (Å²) in [5.74, 6) is 0.987. The topological polar surface area (TPSA) is 88.9 Å². The number of pyridine rings is 2. The van der Waals surface area contributed by atoms with Crippen molar-refractivity contribution >= 4 is 29.3 Å². The Hall–Kier alpha value is -4.56. The second kappa shape index (κ2) is 12.1. The minimum atomic E-state index is -0.324. The molecule has 0 bridgehead atoms. The van der Waals surface area contributed by atoms with Gasteiger partial charge in [0.05, 0.1) is 23.5 Å². The predicted octanol–water partition coefficient (Wildman–Crippen LogP) is 5.75. The summed E-state index contributed by atoms with van der Waals surface area (Å²) in [7, 11) is 0. The zero-order valence-electron chi connectivity index (χ0n) is 21.9. The lowest BCUT2D eigenvalue weighted by molar-refractivity contribution is 0.0113. The fourth-order valence-electron chi connectivity index (χ4n) is 4.04. The third-order valence-electron chi connectivity index (χ3n) is 5.95. The Balaban J connectivity index is 1.50. The van der Waals surface area contributed by atoms with Gasteiger partial charge in [0.25, 0.3) is 5.91 Å². The lowest BCUT2D eigenvalue weighted by Gasteiger charge is -2.21. The average molecular weight is 510 g/mol. The van der Waals surface area contributed by atoms with Gasteiger partial charge in [-0.15, -0.1) is 0 Å². The summed E-state index contributed by atoms with van der Waals surface area (Å²) in [4.78, 5) is 27.1. The number of nitrogens with one attached hydrogen (secondary N) is 1. The molecule has 0 spiro atoms. The van der Waals surface area contributed by atoms with E-state index in [9.17, 15) is 4.79 Å². The van der Waals surface area contributed by atoms with E-state index in [0.717, 1.165) is 38.9 Å². The van der Waals surface area contributed by atoms with Gasteiger partial charge in [-0.05, 0) is 73.9 Å². The quantitative estimate of drug-likeness (QED) is 0.120. The largest absolute Gasteiger partial charge is 0.496 e. The number of hydrogen-bond donors (Lipinski definition) is 1. The molecule has 0 fully saturated rings. The minimum absolute atomic E-state index is 0.218. The number of hydrazone groups is 1. The van der Waals surface area contributed by atoms with Crippen molar-refractivity contribution in [1.82, 2.24) is 15.4 Å². The summed E-state index contributed by atoms with van der Waals surface area (Å²) < 4.78 is 5.22. The van der Waals surface area contributed by atoms with Crippen LogP contribution in [-0.2, 0) is 16.1 Å². The number of ether oxygens (including phenoxy) is 1. The van der Waals surface area contributed by atoms with Gasteiger partial charge in [0.15, 0.2) is 5.82 Å². The maximum atomic E-state index is 12.6. The molecule has 8 nitrogen and oxygen atoms in total. The molecule has 0 aliphatic carbocycles. The second-order valence-electron chi connectivity index (χ2n) is 8.93. The molecule has 38 heavy (non-hydrogen) atoms. The lowest BCUT2D eigenvalue weighted by atomic mass is 10.0. The Kier molecular flexibility index (Phi) is 8.45. The lowest BCUT2D eigenvalue weighted by Crippen LogP contribution is -2.26. The highest BCUT2D eigenvalue weighted by Crippen LogP contribution is 2.27. The third-order valence-corrected chi connectivity index (χ3v) is 5.95. The zero-order chi connectivity index (χ0) is 27.1. The number of benzene rings is 2. The Bertz CT molecular complexity index is 1480. The Morgan fingerprint density at radius 2 is 1.89 bits per heavy atom. The number of rotatable bonds is 11. The molecule has 2 aromatic heterocycles. The normalized spacial score (nSPS) is 10.7. The van der Waals surface area contributed by atoms with E-state index in [1.165, 1.54) is 0 Å². The van der Waals surface area contributed by atoms with Crippen LogP contribution in [0.3, 0.4) is 0 Å². The van der Waals surface area contributed by atoms with Gasteiger partial charge in [-0.2, -0.15) is 5.10 Å². The Morgan fingerprint density at radius 1 is 1.05 bits per heavy atom. The number of allylic oxidation sites excluding steroid dienone is 1. The summed E-state index contributed by atoms with van der Waals surface area (Å²) in [6, 6.07) is 19.6. The summed E-state index contributed by atoms with van der Waals surface area (Å²) in [5.41, 5.74) is 8.42. The number of aryl methyl sites for hydroxylation is 2. The molecule has 4 rings (SSSR count). The molecular weight excluding hydrogens is 478 g/mol. The standard InChI is InChI=1S/C30H31N5O3/c1-20(2)37-15-16-38-34-30(36)26-11-10-25(17-22(26)4)28-12-8-21(3)29(33-28)35(31-5)19-23-9-13-27-24(18-23)7-6-14-32-27/h6-14,17-18H,1,5,15-16,19H2,2-4H3,(H,34,36). The molecule has 0 radical (unpaired) electrons. The van der Waals surface area contributed by atoms with E-state index in [1.54, 1.807) is 24.2 Å². The molecule has 4 aromatic rings. The van der Waals surface area contributed by atoms with Crippen LogP contribution in [-0.4, -0.2) is 35.8 Å². The van der Waals surface area contributed by atoms with Crippen molar-refractivity contribution in [3.63, 3.8) is 0 Å². The zero-order valence-corrected chi connectivity index (χ0v) is 21.9. The van der Waals surface area contributed by atoms with Gasteiger partial charge >= 0.3 is 0 Å². The molecule has 0 saturated heterocycles. The number of hydroxylamine groups is 1. The highest BCUT2D eigenvalue weighted by molar-refractivity contribution is 5.95. The number of amides is 1. The van der Waals surface area contributed by atoms with Crippen molar-refractivity contribution in [3.05, 3.63) is 101 Å². The van der Waals surface area contributed by atoms with Crippen LogP contribution in [0, 0.1) is 13.8 Å². The van der Waals surface area contributed by atoms with Crippen LogP contribution in [0.25, 0.3) is 22.2 Å². The maximum absolute atomic E-state index is 12.6. The van der Waals surface area contributed by atoms with E-state index >= 15 is 0 Å². The summed E-state index contributed by atoms with van der Waals surface area (Å²) in [5, 5.41) is 7.12. The van der Waals surface area contributed by atoms with E-state index < -0.39 is 0 Å². The molecule has 0 aliphatic heterocycles. The number of fused-ring (bicyclic) bond motifs is 1. The molecule has 2 aromatic carbocycles. The molecule has 2 heterocycles. The van der Waals surface area contributed by atoms with Crippen molar-refractivity contribution in [1.29, 1.82) is 0 Å². The van der Waals surface area contributed by atoms with E-state index in [0.29, 0.717) is 30.3 Å². The summed E-state index contributed by atoms with van der Waals surface area (Å²) in [6.07, 6.45) is 1.79. The van der Waals surface area contributed by atoms with Crippen molar-refractivity contribution in [2.75, 3.05) is 18.2 Å². The van der Waals surface area contributed by atoms with E-state index in [4.69, 9.17) is 14.6 Å². The number of carbonyl (C=O) groups excluding carboxylic acids is 1. The number of nitrogens with zero attached hydrogens (tertiary/aromatic N) is 4. The fourth-order valence-corrected chi connectivity index (χ4v) is 4.04. The molecular formula is C30H31N5O3. The van der Waals surface area contributed by atoms with Gasteiger partial charge in [-0.25, -0.2) is 15.5 Å². The first-order chi connectivity index (χ1) is 18.4. The van der Waals surface area contributed by atoms with Gasteiger partial charge < -0.3 is 4.74 Å². The molecule has 0 atom stereocenters. The Morgan fingerprint density at radius 3 is 2.66 bits per heavy atom. The van der Waals surface area contributed by atoms with Crippen molar-refractivity contribution in [2.24, 2.45) is 5.10 Å². The van der Waals surface area contributed by atoms with Crippen LogP contribution in [0.2, 0.25) is 0 Å². The highest BCUT2D eigenvalue weighted by atomic mass is 16.7. The Labute approximate surface area is 222 Å². The van der Waals surface area contributed by atoms with Gasteiger partial charge in [0.2, 0.25) is 0 Å². The van der Waals surface area contributed by atoms with Crippen molar-refractivity contribution < 1.29 is 14.4 Å². The molecule has 1 N–H and O–H groups in total. The first-order valence-corrected chi connectivity index (χ1v) is 12.2. The molecule has 1 amide bonds. The van der Waals surface area contributed by atoms with Gasteiger partial charge in [0.1, 0.15) is 13.2 Å². The minimum Gasteiger partial charge on any atom is -0.496 e. The molecule has 0 saturated carbocycles. The van der Waals surface area contributed by atoms with Gasteiger partial charge in [-0.1, -0.05) is 30.8 Å². The molecule has 0 aliphatic rings. The fraction of sp³-hybridized carbons (Fsp3) is 0.200. The van der Waals surface area contributed by atoms with Crippen LogP contribution >= 0.6 is 0 Å².